The molecule has 42 heavy (non-hydrogen) atoms. The van der Waals surface area contributed by atoms with Crippen molar-refractivity contribution in [1.29, 1.82) is 0 Å². The summed E-state index contributed by atoms with van der Waals surface area (Å²) in [6.07, 6.45) is -0.312. The van der Waals surface area contributed by atoms with Crippen LogP contribution in [-0.4, -0.2) is 36.9 Å². The third kappa shape index (κ3) is 4.04. The highest BCUT2D eigenvalue weighted by atomic mass is 16.6. The maximum absolute atomic E-state index is 14.7. The van der Waals surface area contributed by atoms with Gasteiger partial charge in [0.2, 0.25) is 0 Å². The second-order valence-corrected chi connectivity index (χ2v) is 10.3. The zero-order valence-electron chi connectivity index (χ0n) is 22.8. The summed E-state index contributed by atoms with van der Waals surface area (Å²) in [7, 11) is 2.38. The summed E-state index contributed by atoms with van der Waals surface area (Å²) in [5, 5.41) is 11.4. The first-order valence-corrected chi connectivity index (χ1v) is 13.3. The van der Waals surface area contributed by atoms with Crippen molar-refractivity contribution in [3.8, 4) is 11.3 Å². The van der Waals surface area contributed by atoms with Crippen LogP contribution in [0.4, 0.5) is 5.69 Å². The summed E-state index contributed by atoms with van der Waals surface area (Å²) >= 11 is 0. The van der Waals surface area contributed by atoms with E-state index in [-0.39, 0.29) is 29.9 Å². The van der Waals surface area contributed by atoms with Crippen LogP contribution in [0, 0.1) is 15.5 Å². The second kappa shape index (κ2) is 10.3. The van der Waals surface area contributed by atoms with Crippen molar-refractivity contribution in [2.75, 3.05) is 14.2 Å². The van der Waals surface area contributed by atoms with Gasteiger partial charge in [-0.05, 0) is 28.8 Å². The average molecular weight is 564 g/mol. The van der Waals surface area contributed by atoms with Crippen molar-refractivity contribution >= 4 is 34.6 Å². The number of nitro benzene ring substituents is 1. The largest absolute Gasteiger partial charge is 0.468 e. The molecule has 3 aromatic carbocycles. The van der Waals surface area contributed by atoms with E-state index in [0.29, 0.717) is 33.8 Å². The van der Waals surface area contributed by atoms with Crippen molar-refractivity contribution in [2.45, 2.75) is 18.8 Å². The number of methoxy groups -OCH3 is 2. The molecule has 0 N–H and O–H groups in total. The standard InChI is InChI=1S/C33H25NO8/c1-40-31(36)33(32(37)41-2)17-23-25(20-13-15-22(16-14-20)34(38)39)29(35)26(19-9-5-3-6-10-19)28-27(23)24(18-33)42-30(28)21-11-7-4-8-12-21/h3-16,26H,17-18H2,1-2H3/t26-/m0/s1. The Kier molecular flexibility index (Phi) is 6.57. The van der Waals surface area contributed by atoms with Crippen molar-refractivity contribution in [3.63, 3.8) is 0 Å². The van der Waals surface area contributed by atoms with Crippen LogP contribution in [-0.2, 0) is 30.3 Å². The predicted molar refractivity (Wildman–Crippen MR) is 152 cm³/mol. The number of esters is 2. The maximum atomic E-state index is 14.7. The van der Waals surface area contributed by atoms with Gasteiger partial charge in [-0.3, -0.25) is 24.5 Å². The molecule has 0 radical (unpaired) electrons. The lowest BCUT2D eigenvalue weighted by molar-refractivity contribution is -0.384. The molecule has 0 bridgehead atoms. The number of furan rings is 1. The molecule has 0 fully saturated rings. The van der Waals surface area contributed by atoms with Crippen molar-refractivity contribution < 1.29 is 33.2 Å². The number of benzene rings is 3. The summed E-state index contributed by atoms with van der Waals surface area (Å²) in [4.78, 5) is 52.2. The molecule has 0 aliphatic heterocycles. The van der Waals surface area contributed by atoms with Crippen LogP contribution in [0.5, 0.6) is 0 Å². The fourth-order valence-corrected chi connectivity index (χ4v) is 6.18. The van der Waals surface area contributed by atoms with Gasteiger partial charge < -0.3 is 13.9 Å². The minimum atomic E-state index is -1.80. The molecule has 0 amide bonds. The Morgan fingerprint density at radius 2 is 1.45 bits per heavy atom. The summed E-state index contributed by atoms with van der Waals surface area (Å²) in [6, 6.07) is 24.3. The van der Waals surface area contributed by atoms with Gasteiger partial charge in [-0.15, -0.1) is 0 Å². The SMILES string of the molecule is COC(=O)C1(C(=O)OC)CC2=C(c3ccc([N+](=O)[O-])cc3)C(=O)[C@@H](c3ccccc3)c3c(-c4ccccc4)oc(c32)C1. The number of Topliss-reactive ketones (excluding diaryl/α,β-unsaturated/α-hetero) is 1. The molecule has 0 saturated carbocycles. The van der Waals surface area contributed by atoms with Gasteiger partial charge in [0.05, 0.1) is 25.1 Å². The normalized spacial score (nSPS) is 16.9. The number of carbonyl (C=O) groups is 3. The Hall–Kier alpha value is -5.31. The molecule has 1 aromatic heterocycles. The molecule has 0 spiro atoms. The molecular weight excluding hydrogens is 538 g/mol. The van der Waals surface area contributed by atoms with Gasteiger partial charge in [0.25, 0.3) is 5.69 Å². The summed E-state index contributed by atoms with van der Waals surface area (Å²) in [5.41, 5.74) is 1.94. The molecule has 0 unspecified atom stereocenters. The van der Waals surface area contributed by atoms with Crippen LogP contribution in [0.2, 0.25) is 0 Å². The topological polar surface area (TPSA) is 126 Å². The summed E-state index contributed by atoms with van der Waals surface area (Å²) < 4.78 is 16.7. The molecule has 4 aromatic rings. The van der Waals surface area contributed by atoms with E-state index in [1.54, 1.807) is 0 Å². The maximum Gasteiger partial charge on any atom is 0.324 e. The van der Waals surface area contributed by atoms with Gasteiger partial charge in [-0.2, -0.15) is 0 Å². The molecule has 210 valence electrons. The second-order valence-electron chi connectivity index (χ2n) is 10.3. The van der Waals surface area contributed by atoms with Crippen molar-refractivity contribution in [3.05, 3.63) is 123 Å². The Morgan fingerprint density at radius 1 is 0.857 bits per heavy atom. The van der Waals surface area contributed by atoms with Gasteiger partial charge >= 0.3 is 11.9 Å². The predicted octanol–water partition coefficient (Wildman–Crippen LogP) is 5.76. The van der Waals surface area contributed by atoms with Crippen LogP contribution in [0.1, 0.15) is 40.4 Å². The Morgan fingerprint density at radius 3 is 2.02 bits per heavy atom. The first-order chi connectivity index (χ1) is 20.3. The number of carbonyl (C=O) groups excluding carboxylic acids is 3. The van der Waals surface area contributed by atoms with Crippen molar-refractivity contribution in [2.24, 2.45) is 5.41 Å². The number of nitro groups is 1. The quantitative estimate of drug-likeness (QED) is 0.125. The molecule has 0 saturated heterocycles. The number of ketones is 1. The number of ether oxygens (including phenoxy) is 2. The van der Waals surface area contributed by atoms with E-state index < -0.39 is 28.2 Å². The van der Waals surface area contributed by atoms with E-state index in [4.69, 9.17) is 13.9 Å². The van der Waals surface area contributed by atoms with E-state index in [0.717, 1.165) is 11.1 Å². The van der Waals surface area contributed by atoms with Gasteiger partial charge in [0, 0.05) is 47.2 Å². The fourth-order valence-electron chi connectivity index (χ4n) is 6.18. The highest BCUT2D eigenvalue weighted by Gasteiger charge is 2.56. The minimum Gasteiger partial charge on any atom is -0.468 e. The number of rotatable bonds is 6. The van der Waals surface area contributed by atoms with E-state index in [1.165, 1.54) is 38.5 Å². The van der Waals surface area contributed by atoms with Crippen LogP contribution in [0.15, 0.2) is 89.3 Å². The molecule has 2 aliphatic carbocycles. The van der Waals surface area contributed by atoms with Gasteiger partial charge in [-0.25, -0.2) is 0 Å². The van der Waals surface area contributed by atoms with Crippen molar-refractivity contribution in [1.82, 2.24) is 0 Å². The van der Waals surface area contributed by atoms with E-state index in [9.17, 15) is 24.5 Å². The highest BCUT2D eigenvalue weighted by Crippen LogP contribution is 2.57. The molecule has 1 heterocycles. The van der Waals surface area contributed by atoms with Crippen LogP contribution < -0.4 is 0 Å². The van der Waals surface area contributed by atoms with E-state index >= 15 is 0 Å². The highest BCUT2D eigenvalue weighted by molar-refractivity contribution is 6.34. The molecular formula is C33H25NO8. The number of hydrogen-bond donors (Lipinski definition) is 0. The summed E-state index contributed by atoms with van der Waals surface area (Å²) in [6.45, 7) is 0. The minimum absolute atomic E-state index is 0.131. The average Bonchev–Trinajstić information content (AvgIpc) is 3.40. The fraction of sp³-hybridized carbons (Fsp3) is 0.182. The molecule has 2 aliphatic rings. The Labute approximate surface area is 240 Å². The first-order valence-electron chi connectivity index (χ1n) is 13.3. The molecule has 1 atom stereocenters. The molecule has 9 heteroatoms. The van der Waals surface area contributed by atoms with Crippen LogP contribution >= 0.6 is 0 Å². The van der Waals surface area contributed by atoms with Gasteiger partial charge in [0.15, 0.2) is 11.2 Å². The zero-order valence-corrected chi connectivity index (χ0v) is 22.8. The monoisotopic (exact) mass is 563 g/mol. The number of nitrogens with zero attached hydrogens (tertiary/aromatic N) is 1. The zero-order chi connectivity index (χ0) is 29.6. The summed E-state index contributed by atoms with van der Waals surface area (Å²) in [5.74, 6) is -1.86. The lowest BCUT2D eigenvalue weighted by Crippen LogP contribution is -2.46. The Balaban J connectivity index is 1.72. The lowest BCUT2D eigenvalue weighted by Gasteiger charge is -2.36. The van der Waals surface area contributed by atoms with Crippen LogP contribution in [0.3, 0.4) is 0 Å². The number of non-ortho nitro benzene ring substituents is 1. The number of hydrogen-bond acceptors (Lipinski definition) is 8. The van der Waals surface area contributed by atoms with Crippen LogP contribution in [0.25, 0.3) is 22.5 Å². The first kappa shape index (κ1) is 26.9. The smallest absolute Gasteiger partial charge is 0.324 e. The van der Waals surface area contributed by atoms with Gasteiger partial charge in [0.1, 0.15) is 11.5 Å². The molecule has 6 rings (SSSR count). The van der Waals surface area contributed by atoms with Gasteiger partial charge in [-0.1, -0.05) is 60.7 Å². The Bertz CT molecular complexity index is 1750. The lowest BCUT2D eigenvalue weighted by atomic mass is 9.64. The molecule has 9 nitrogen and oxygen atoms in total. The third-order valence-electron chi connectivity index (χ3n) is 8.05. The number of allylic oxidation sites excluding steroid dienone is 2. The third-order valence-corrected chi connectivity index (χ3v) is 8.05. The van der Waals surface area contributed by atoms with E-state index in [2.05, 4.69) is 0 Å². The van der Waals surface area contributed by atoms with E-state index in [1.807, 2.05) is 60.7 Å².